The topological polar surface area (TPSA) is 49.0 Å². The Bertz CT molecular complexity index is 1010. The van der Waals surface area contributed by atoms with Gasteiger partial charge >= 0.3 is 0 Å². The highest BCUT2D eigenvalue weighted by atomic mass is 32.1. The molecule has 4 aromatic rings. The SMILES string of the molecule is O=C(c1cc2ccccc2[nH]1)N1CCC[C@@H]1c1nc2ccccc2s1. The minimum atomic E-state index is 0.0676. The fourth-order valence-electron chi connectivity index (χ4n) is 3.64. The summed E-state index contributed by atoms with van der Waals surface area (Å²) in [5, 5.41) is 2.12. The van der Waals surface area contributed by atoms with E-state index in [1.54, 1.807) is 11.3 Å². The van der Waals surface area contributed by atoms with Crippen molar-refractivity contribution in [3.8, 4) is 0 Å². The zero-order chi connectivity index (χ0) is 16.8. The van der Waals surface area contributed by atoms with Gasteiger partial charge in [-0.1, -0.05) is 30.3 Å². The Hall–Kier alpha value is -2.66. The molecule has 1 saturated heterocycles. The van der Waals surface area contributed by atoms with Crippen LogP contribution in [-0.2, 0) is 0 Å². The number of aromatic nitrogens is 2. The number of hydrogen-bond donors (Lipinski definition) is 1. The molecule has 0 bridgehead atoms. The molecule has 0 radical (unpaired) electrons. The van der Waals surface area contributed by atoms with Gasteiger partial charge in [-0.2, -0.15) is 0 Å². The van der Waals surface area contributed by atoms with Crippen LogP contribution in [0.1, 0.15) is 34.4 Å². The van der Waals surface area contributed by atoms with Crippen LogP contribution in [0.3, 0.4) is 0 Å². The van der Waals surface area contributed by atoms with Crippen molar-refractivity contribution in [2.75, 3.05) is 6.54 Å². The number of nitrogens with one attached hydrogen (secondary N) is 1. The first kappa shape index (κ1) is 14.7. The van der Waals surface area contributed by atoms with Gasteiger partial charge in [0.1, 0.15) is 10.7 Å². The van der Waals surface area contributed by atoms with Crippen molar-refractivity contribution in [2.24, 2.45) is 0 Å². The Morgan fingerprint density at radius 1 is 1.16 bits per heavy atom. The highest BCUT2D eigenvalue weighted by molar-refractivity contribution is 7.18. The Morgan fingerprint density at radius 2 is 2.00 bits per heavy atom. The van der Waals surface area contributed by atoms with Crippen LogP contribution in [0.15, 0.2) is 54.6 Å². The Balaban J connectivity index is 1.50. The van der Waals surface area contributed by atoms with Crippen molar-refractivity contribution in [1.29, 1.82) is 0 Å². The summed E-state index contributed by atoms with van der Waals surface area (Å²) in [7, 11) is 0. The van der Waals surface area contributed by atoms with Crippen LogP contribution in [0, 0.1) is 0 Å². The van der Waals surface area contributed by atoms with Crippen molar-refractivity contribution >= 4 is 38.4 Å². The molecule has 124 valence electrons. The van der Waals surface area contributed by atoms with Gasteiger partial charge in [-0.25, -0.2) is 4.98 Å². The predicted octanol–water partition coefficient (Wildman–Crippen LogP) is 4.75. The summed E-state index contributed by atoms with van der Waals surface area (Å²) in [6.45, 7) is 0.786. The molecule has 3 heterocycles. The molecule has 1 aliphatic heterocycles. The molecule has 1 atom stereocenters. The molecule has 0 saturated carbocycles. The van der Waals surface area contributed by atoms with Gasteiger partial charge in [-0.15, -0.1) is 11.3 Å². The van der Waals surface area contributed by atoms with E-state index in [2.05, 4.69) is 11.1 Å². The first-order valence-corrected chi connectivity index (χ1v) is 9.35. The van der Waals surface area contributed by atoms with Gasteiger partial charge in [0.25, 0.3) is 5.91 Å². The number of likely N-dealkylation sites (tertiary alicyclic amines) is 1. The maximum absolute atomic E-state index is 13.1. The van der Waals surface area contributed by atoms with E-state index >= 15 is 0 Å². The fraction of sp³-hybridized carbons (Fsp3) is 0.200. The summed E-state index contributed by atoms with van der Waals surface area (Å²) < 4.78 is 1.18. The number of rotatable bonds is 2. The van der Waals surface area contributed by atoms with Crippen LogP contribution in [0.2, 0.25) is 0 Å². The standard InChI is InChI=1S/C20H17N3OS/c24-20(16-12-13-6-1-2-7-14(13)21-16)23-11-5-9-17(23)19-22-15-8-3-4-10-18(15)25-19/h1-4,6-8,10,12,17,21H,5,9,11H2/t17-/m1/s1. The van der Waals surface area contributed by atoms with Crippen LogP contribution >= 0.6 is 11.3 Å². The van der Waals surface area contributed by atoms with E-state index < -0.39 is 0 Å². The number of carbonyl (C=O) groups is 1. The van der Waals surface area contributed by atoms with Gasteiger partial charge in [0.15, 0.2) is 0 Å². The van der Waals surface area contributed by atoms with E-state index in [4.69, 9.17) is 4.98 Å². The third-order valence-corrected chi connectivity index (χ3v) is 6.01. The summed E-state index contributed by atoms with van der Waals surface area (Å²) in [5.41, 5.74) is 2.68. The minimum Gasteiger partial charge on any atom is -0.351 e. The van der Waals surface area contributed by atoms with Crippen molar-refractivity contribution in [3.05, 3.63) is 65.3 Å². The van der Waals surface area contributed by atoms with Gasteiger partial charge in [0.05, 0.1) is 16.3 Å². The number of thiazole rings is 1. The molecule has 1 N–H and O–H groups in total. The van der Waals surface area contributed by atoms with Gasteiger partial charge < -0.3 is 9.88 Å². The highest BCUT2D eigenvalue weighted by Gasteiger charge is 2.33. The molecule has 2 aromatic carbocycles. The largest absolute Gasteiger partial charge is 0.351 e. The Morgan fingerprint density at radius 3 is 2.88 bits per heavy atom. The lowest BCUT2D eigenvalue weighted by Crippen LogP contribution is -2.30. The smallest absolute Gasteiger partial charge is 0.270 e. The molecule has 0 unspecified atom stereocenters. The number of H-pyrrole nitrogens is 1. The second-order valence-electron chi connectivity index (χ2n) is 6.45. The van der Waals surface area contributed by atoms with Crippen LogP contribution in [0.25, 0.3) is 21.1 Å². The molecule has 5 heteroatoms. The molecule has 5 rings (SSSR count). The third kappa shape index (κ3) is 2.43. The van der Waals surface area contributed by atoms with Crippen molar-refractivity contribution in [2.45, 2.75) is 18.9 Å². The van der Waals surface area contributed by atoms with Crippen LogP contribution < -0.4 is 0 Å². The second-order valence-corrected chi connectivity index (χ2v) is 7.51. The monoisotopic (exact) mass is 347 g/mol. The lowest BCUT2D eigenvalue weighted by Gasteiger charge is -2.22. The molecule has 25 heavy (non-hydrogen) atoms. The zero-order valence-corrected chi connectivity index (χ0v) is 14.4. The van der Waals surface area contributed by atoms with Gasteiger partial charge in [-0.05, 0) is 37.1 Å². The van der Waals surface area contributed by atoms with E-state index in [9.17, 15) is 4.79 Å². The maximum Gasteiger partial charge on any atom is 0.270 e. The number of aromatic amines is 1. The van der Waals surface area contributed by atoms with Gasteiger partial charge in [0, 0.05) is 17.4 Å². The average Bonchev–Trinajstić information content (AvgIpc) is 3.36. The zero-order valence-electron chi connectivity index (χ0n) is 13.6. The summed E-state index contributed by atoms with van der Waals surface area (Å²) in [6, 6.07) is 18.2. The Labute approximate surface area is 149 Å². The van der Waals surface area contributed by atoms with Crippen molar-refractivity contribution < 1.29 is 4.79 Å². The third-order valence-electron chi connectivity index (χ3n) is 4.87. The first-order chi connectivity index (χ1) is 12.3. The predicted molar refractivity (Wildman–Crippen MR) is 101 cm³/mol. The number of carbonyl (C=O) groups excluding carboxylic acids is 1. The summed E-state index contributed by atoms with van der Waals surface area (Å²) in [6.07, 6.45) is 2.00. The van der Waals surface area contributed by atoms with Gasteiger partial charge in [0.2, 0.25) is 0 Å². The second kappa shape index (κ2) is 5.70. The summed E-state index contributed by atoms with van der Waals surface area (Å²) >= 11 is 1.70. The molecular formula is C20H17N3OS. The van der Waals surface area contributed by atoms with E-state index in [1.165, 1.54) is 4.70 Å². The first-order valence-electron chi connectivity index (χ1n) is 8.54. The fourth-order valence-corrected chi connectivity index (χ4v) is 4.76. The molecule has 2 aromatic heterocycles. The van der Waals surface area contributed by atoms with Crippen molar-refractivity contribution in [3.63, 3.8) is 0 Å². The summed E-state index contributed by atoms with van der Waals surface area (Å²) in [5.74, 6) is 0.0676. The van der Waals surface area contributed by atoms with Crippen LogP contribution in [-0.4, -0.2) is 27.3 Å². The lowest BCUT2D eigenvalue weighted by molar-refractivity contribution is 0.0730. The number of benzene rings is 2. The van der Waals surface area contributed by atoms with Gasteiger partial charge in [-0.3, -0.25) is 4.79 Å². The summed E-state index contributed by atoms with van der Waals surface area (Å²) in [4.78, 5) is 23.1. The lowest BCUT2D eigenvalue weighted by atomic mass is 10.2. The number of amides is 1. The molecule has 0 spiro atoms. The van der Waals surface area contributed by atoms with E-state index in [-0.39, 0.29) is 11.9 Å². The molecule has 1 amide bonds. The Kier molecular flexibility index (Phi) is 3.35. The average molecular weight is 347 g/mol. The maximum atomic E-state index is 13.1. The number of hydrogen-bond acceptors (Lipinski definition) is 3. The van der Waals surface area contributed by atoms with Crippen LogP contribution in [0.4, 0.5) is 0 Å². The molecular weight excluding hydrogens is 330 g/mol. The number of para-hydroxylation sites is 2. The number of nitrogens with zero attached hydrogens (tertiary/aromatic N) is 2. The minimum absolute atomic E-state index is 0.0676. The molecule has 1 aliphatic rings. The highest BCUT2D eigenvalue weighted by Crippen LogP contribution is 2.37. The quantitative estimate of drug-likeness (QED) is 0.568. The van der Waals surface area contributed by atoms with Crippen molar-refractivity contribution in [1.82, 2.24) is 14.9 Å². The van der Waals surface area contributed by atoms with Crippen LogP contribution in [0.5, 0.6) is 0 Å². The molecule has 1 fully saturated rings. The number of fused-ring (bicyclic) bond motifs is 2. The van der Waals surface area contributed by atoms with E-state index in [0.717, 1.165) is 40.8 Å². The van der Waals surface area contributed by atoms with E-state index in [1.807, 2.05) is 53.4 Å². The molecule has 0 aliphatic carbocycles. The van der Waals surface area contributed by atoms with E-state index in [0.29, 0.717) is 5.69 Å². The normalized spacial score (nSPS) is 17.6. The molecule has 4 nitrogen and oxygen atoms in total.